The van der Waals surface area contributed by atoms with Crippen LogP contribution in [0, 0.1) is 0 Å². The lowest BCUT2D eigenvalue weighted by atomic mass is 10.0. The molecule has 1 aromatic carbocycles. The normalized spacial score (nSPS) is 19.7. The summed E-state index contributed by atoms with van der Waals surface area (Å²) in [6.07, 6.45) is -3.36. The summed E-state index contributed by atoms with van der Waals surface area (Å²) >= 11 is 0. The highest BCUT2D eigenvalue weighted by Gasteiger charge is 2.33. The number of hydrogen-bond donors (Lipinski definition) is 4. The molecule has 3 rings (SSSR count). The molecule has 14 heteroatoms. The molecule has 0 unspecified atom stereocenters. The Morgan fingerprint density at radius 1 is 1.05 bits per heavy atom. The third kappa shape index (κ3) is 9.01. The Kier molecular flexibility index (Phi) is 9.64. The van der Waals surface area contributed by atoms with Gasteiger partial charge in [0.15, 0.2) is 0 Å². The monoisotopic (exact) mass is 557 g/mol. The van der Waals surface area contributed by atoms with Crippen molar-refractivity contribution < 1.29 is 41.8 Å². The van der Waals surface area contributed by atoms with Crippen LogP contribution in [0.1, 0.15) is 56.0 Å². The molecule has 4 N–H and O–H groups in total. The average molecular weight is 558 g/mol. The number of ether oxygens (including phenoxy) is 2. The van der Waals surface area contributed by atoms with E-state index in [1.165, 1.54) is 4.90 Å². The first-order valence-corrected chi connectivity index (χ1v) is 12.6. The first kappa shape index (κ1) is 30.0. The zero-order valence-corrected chi connectivity index (χ0v) is 22.1. The van der Waals surface area contributed by atoms with E-state index in [9.17, 15) is 32.3 Å². The van der Waals surface area contributed by atoms with Gasteiger partial charge in [0, 0.05) is 19.7 Å². The molecule has 2 aliphatic heterocycles. The van der Waals surface area contributed by atoms with E-state index in [1.54, 1.807) is 20.8 Å². The molecule has 0 spiro atoms. The fourth-order valence-electron chi connectivity index (χ4n) is 4.16. The van der Waals surface area contributed by atoms with E-state index >= 15 is 0 Å². The third-order valence-corrected chi connectivity index (χ3v) is 6.04. The van der Waals surface area contributed by atoms with Gasteiger partial charge in [-0.25, -0.2) is 9.59 Å². The zero-order chi connectivity index (χ0) is 28.8. The molecule has 11 nitrogen and oxygen atoms in total. The maximum absolute atomic E-state index is 13.3. The van der Waals surface area contributed by atoms with Crippen molar-refractivity contribution in [3.63, 3.8) is 0 Å². The number of rotatable bonds is 6. The van der Waals surface area contributed by atoms with Crippen molar-refractivity contribution in [2.45, 2.75) is 63.9 Å². The van der Waals surface area contributed by atoms with Gasteiger partial charge >= 0.3 is 18.3 Å². The zero-order valence-electron chi connectivity index (χ0n) is 22.1. The first-order chi connectivity index (χ1) is 18.2. The van der Waals surface area contributed by atoms with Crippen molar-refractivity contribution in [3.8, 4) is 0 Å². The molecule has 0 bridgehead atoms. The molecule has 0 aromatic heterocycles. The highest BCUT2D eigenvalue weighted by Crippen LogP contribution is 2.32. The van der Waals surface area contributed by atoms with Gasteiger partial charge in [-0.15, -0.1) is 0 Å². The second-order valence-electron chi connectivity index (χ2n) is 10.4. The number of nitrogens with one attached hydrogen (secondary N) is 4. The predicted molar refractivity (Wildman–Crippen MR) is 134 cm³/mol. The number of carbonyl (C=O) groups is 4. The summed E-state index contributed by atoms with van der Waals surface area (Å²) in [4.78, 5) is 51.6. The quantitative estimate of drug-likeness (QED) is 0.425. The van der Waals surface area contributed by atoms with Gasteiger partial charge in [-0.1, -0.05) is 0 Å². The topological polar surface area (TPSA) is 138 Å². The number of likely N-dealkylation sites (tertiary alicyclic amines) is 1. The van der Waals surface area contributed by atoms with Crippen LogP contribution in [0.5, 0.6) is 0 Å². The predicted octanol–water partition coefficient (Wildman–Crippen LogP) is 2.86. The Labute approximate surface area is 224 Å². The number of benzene rings is 1. The molecule has 1 aromatic rings. The molecule has 2 fully saturated rings. The van der Waals surface area contributed by atoms with Gasteiger partial charge in [-0.2, -0.15) is 13.2 Å². The number of carbonyl (C=O) groups excluding carboxylic acids is 4. The summed E-state index contributed by atoms with van der Waals surface area (Å²) in [6, 6.07) is 0.758. The van der Waals surface area contributed by atoms with Crippen LogP contribution >= 0.6 is 0 Å². The Balaban J connectivity index is 1.64. The number of alkyl carbamates (subject to hydrolysis) is 1. The number of amides is 5. The van der Waals surface area contributed by atoms with Crippen molar-refractivity contribution >= 4 is 29.6 Å². The van der Waals surface area contributed by atoms with Crippen molar-refractivity contribution in [2.24, 2.45) is 0 Å². The largest absolute Gasteiger partial charge is 0.444 e. The van der Waals surface area contributed by atoms with Gasteiger partial charge in [0.1, 0.15) is 5.60 Å². The highest BCUT2D eigenvalue weighted by molar-refractivity contribution is 6.04. The Morgan fingerprint density at radius 2 is 1.74 bits per heavy atom. The van der Waals surface area contributed by atoms with Crippen LogP contribution in [0.3, 0.4) is 0 Å². The van der Waals surface area contributed by atoms with Gasteiger partial charge in [0.25, 0.3) is 5.91 Å². The smallest absolute Gasteiger partial charge is 0.416 e. The molecule has 5 amide bonds. The van der Waals surface area contributed by atoms with Gasteiger partial charge in [0.2, 0.25) is 5.91 Å². The van der Waals surface area contributed by atoms with Crippen LogP contribution in [0.25, 0.3) is 0 Å². The van der Waals surface area contributed by atoms with Crippen molar-refractivity contribution in [3.05, 3.63) is 29.3 Å². The lowest BCUT2D eigenvalue weighted by Crippen LogP contribution is -2.58. The molecule has 2 heterocycles. The molecular formula is C25H34F3N5O6. The Hall–Kier alpha value is -3.55. The van der Waals surface area contributed by atoms with Crippen LogP contribution in [0.15, 0.2) is 18.2 Å². The van der Waals surface area contributed by atoms with Crippen molar-refractivity contribution in [1.29, 1.82) is 0 Å². The Bertz CT molecular complexity index is 1070. The van der Waals surface area contributed by atoms with E-state index in [4.69, 9.17) is 9.47 Å². The van der Waals surface area contributed by atoms with Gasteiger partial charge in [0.05, 0.1) is 42.0 Å². The summed E-state index contributed by atoms with van der Waals surface area (Å²) in [5, 5.41) is 10.2. The number of anilines is 1. The van der Waals surface area contributed by atoms with Gasteiger partial charge in [-0.3, -0.25) is 9.59 Å². The minimum atomic E-state index is -4.72. The minimum Gasteiger partial charge on any atom is -0.444 e. The van der Waals surface area contributed by atoms with Crippen LogP contribution in [0.4, 0.5) is 28.4 Å². The summed E-state index contributed by atoms with van der Waals surface area (Å²) in [5.74, 6) is -1.62. The van der Waals surface area contributed by atoms with Crippen LogP contribution in [0.2, 0.25) is 0 Å². The van der Waals surface area contributed by atoms with Crippen molar-refractivity contribution in [1.82, 2.24) is 20.9 Å². The maximum atomic E-state index is 13.3. The standard InChI is InChI=1S/C25H34F3N5O6/c1-24(2,3)39-23(37)32-18-8-11-38-14-19(18)30-20(34)13-29-21(35)16-12-15(25(26,27)28)6-7-17(16)31-22(36)33-9-4-5-10-33/h6-7,12,18-19H,4-5,8-11,13-14H2,1-3H3,(H,29,35)(H,30,34)(H,31,36)(H,32,37)/t18-,19+/m0/s1. The number of hydrogen-bond acceptors (Lipinski definition) is 6. The van der Waals surface area contributed by atoms with E-state index in [0.29, 0.717) is 32.2 Å². The molecule has 2 saturated heterocycles. The Morgan fingerprint density at radius 3 is 2.38 bits per heavy atom. The first-order valence-electron chi connectivity index (χ1n) is 12.6. The molecule has 0 radical (unpaired) electrons. The number of urea groups is 1. The lowest BCUT2D eigenvalue weighted by molar-refractivity contribution is -0.137. The molecular weight excluding hydrogens is 523 g/mol. The van der Waals surface area contributed by atoms with Gasteiger partial charge < -0.3 is 35.6 Å². The van der Waals surface area contributed by atoms with E-state index in [2.05, 4.69) is 21.3 Å². The minimum absolute atomic E-state index is 0.0977. The van der Waals surface area contributed by atoms with E-state index in [0.717, 1.165) is 25.0 Å². The number of nitrogens with zero attached hydrogens (tertiary/aromatic N) is 1. The van der Waals surface area contributed by atoms with Crippen molar-refractivity contribution in [2.75, 3.05) is 38.2 Å². The third-order valence-electron chi connectivity index (χ3n) is 6.04. The molecule has 0 saturated carbocycles. The maximum Gasteiger partial charge on any atom is 0.416 e. The molecule has 0 aliphatic carbocycles. The summed E-state index contributed by atoms with van der Waals surface area (Å²) in [6.45, 7) is 6.03. The lowest BCUT2D eigenvalue weighted by Gasteiger charge is -2.33. The second kappa shape index (κ2) is 12.5. The SMILES string of the molecule is CC(C)(C)OC(=O)N[C@H]1CCOC[C@H]1NC(=O)CNC(=O)c1cc(C(F)(F)F)ccc1NC(=O)N1CCCC1. The number of alkyl halides is 3. The molecule has 216 valence electrons. The molecule has 39 heavy (non-hydrogen) atoms. The van der Waals surface area contributed by atoms with E-state index in [-0.39, 0.29) is 12.3 Å². The molecule has 2 aliphatic rings. The van der Waals surface area contributed by atoms with Crippen LogP contribution in [-0.2, 0) is 20.4 Å². The summed E-state index contributed by atoms with van der Waals surface area (Å²) in [5.41, 5.74) is -2.34. The van der Waals surface area contributed by atoms with Gasteiger partial charge in [-0.05, 0) is 58.2 Å². The average Bonchev–Trinajstić information content (AvgIpc) is 3.37. The van der Waals surface area contributed by atoms with Crippen LogP contribution < -0.4 is 21.3 Å². The van der Waals surface area contributed by atoms with E-state index < -0.39 is 65.5 Å². The summed E-state index contributed by atoms with van der Waals surface area (Å²) < 4.78 is 50.6. The highest BCUT2D eigenvalue weighted by atomic mass is 19.4. The fourth-order valence-corrected chi connectivity index (χ4v) is 4.16. The fraction of sp³-hybridized carbons (Fsp3) is 0.600. The van der Waals surface area contributed by atoms with E-state index in [1.807, 2.05) is 0 Å². The second-order valence-corrected chi connectivity index (χ2v) is 10.4. The molecule has 2 atom stereocenters. The summed E-state index contributed by atoms with van der Waals surface area (Å²) in [7, 11) is 0. The number of halogens is 3. The van der Waals surface area contributed by atoms with Crippen LogP contribution in [-0.4, -0.2) is 79.4 Å².